The molecule has 0 radical (unpaired) electrons. The van der Waals surface area contributed by atoms with Crippen molar-refractivity contribution in [2.45, 2.75) is 6.92 Å². The molecule has 36 heavy (non-hydrogen) atoms. The number of aromatic hydroxyl groups is 1. The Hall–Kier alpha value is -5.17. The number of nitrogens with one attached hydrogen (secondary N) is 2. The van der Waals surface area contributed by atoms with Gasteiger partial charge in [-0.3, -0.25) is 15.1 Å². The highest BCUT2D eigenvalue weighted by molar-refractivity contribution is 6.48. The van der Waals surface area contributed by atoms with Gasteiger partial charge in [0.25, 0.3) is 5.91 Å². The molecule has 10 nitrogen and oxygen atoms in total. The number of benzene rings is 3. The first-order valence-corrected chi connectivity index (χ1v) is 10.5. The van der Waals surface area contributed by atoms with E-state index >= 15 is 0 Å². The Bertz CT molecular complexity index is 1440. The molecule has 0 unspecified atom stereocenters. The van der Waals surface area contributed by atoms with Gasteiger partial charge in [-0.25, -0.2) is 9.59 Å². The van der Waals surface area contributed by atoms with Crippen molar-refractivity contribution in [2.75, 3.05) is 24.4 Å². The van der Waals surface area contributed by atoms with Crippen LogP contribution in [0.4, 0.5) is 16.2 Å². The first-order valence-electron chi connectivity index (χ1n) is 10.5. The van der Waals surface area contributed by atoms with Crippen molar-refractivity contribution < 1.29 is 29.3 Å². The molecular formula is C26H22N4O6. The number of carboxylic acid groups (broad SMARTS) is 1. The summed E-state index contributed by atoms with van der Waals surface area (Å²) in [6, 6.07) is 15.4. The van der Waals surface area contributed by atoms with Crippen LogP contribution in [0, 0.1) is 23.7 Å². The molecule has 2 amide bonds. The molecule has 0 saturated carbocycles. The number of phenols is 1. The second-order valence-corrected chi connectivity index (χ2v) is 7.74. The van der Waals surface area contributed by atoms with Gasteiger partial charge in [0.15, 0.2) is 0 Å². The number of aryl methyl sites for hydroxylation is 1. The molecule has 0 spiro atoms. The van der Waals surface area contributed by atoms with Crippen LogP contribution in [0.25, 0.3) is 11.1 Å². The van der Waals surface area contributed by atoms with Crippen LogP contribution in [-0.2, 0) is 9.53 Å². The second kappa shape index (κ2) is 10.4. The number of hydrogen-bond donors (Lipinski definition) is 4. The molecule has 0 saturated heterocycles. The summed E-state index contributed by atoms with van der Waals surface area (Å²) >= 11 is 0. The van der Waals surface area contributed by atoms with E-state index in [0.717, 1.165) is 11.6 Å². The van der Waals surface area contributed by atoms with E-state index in [4.69, 9.17) is 15.4 Å². The predicted octanol–water partition coefficient (Wildman–Crippen LogP) is 4.15. The minimum absolute atomic E-state index is 0.0892. The number of ether oxygens (including phenoxy) is 1. The van der Waals surface area contributed by atoms with Crippen LogP contribution in [0.2, 0.25) is 0 Å². The van der Waals surface area contributed by atoms with Crippen molar-refractivity contribution in [3.63, 3.8) is 0 Å². The average molecular weight is 486 g/mol. The van der Waals surface area contributed by atoms with Gasteiger partial charge in [0.2, 0.25) is 0 Å². The van der Waals surface area contributed by atoms with Crippen molar-refractivity contribution in [1.82, 2.24) is 0 Å². The Morgan fingerprint density at radius 1 is 1.06 bits per heavy atom. The number of carbonyl (C=O) groups is 3. The molecule has 0 aliphatic rings. The van der Waals surface area contributed by atoms with E-state index < -0.39 is 29.4 Å². The maximum atomic E-state index is 12.9. The Morgan fingerprint density at radius 2 is 1.75 bits per heavy atom. The van der Waals surface area contributed by atoms with E-state index in [9.17, 15) is 24.6 Å². The molecule has 182 valence electrons. The van der Waals surface area contributed by atoms with Crippen molar-refractivity contribution >= 4 is 35.1 Å². The van der Waals surface area contributed by atoms with Crippen molar-refractivity contribution in [3.05, 3.63) is 76.9 Å². The Morgan fingerprint density at radius 3 is 2.36 bits per heavy atom. The van der Waals surface area contributed by atoms with Crippen molar-refractivity contribution in [2.24, 2.45) is 0 Å². The summed E-state index contributed by atoms with van der Waals surface area (Å²) in [6.45, 7) is 1.85. The van der Waals surface area contributed by atoms with Gasteiger partial charge >= 0.3 is 12.1 Å². The first kappa shape index (κ1) is 25.5. The molecule has 3 rings (SSSR count). The fourth-order valence-corrected chi connectivity index (χ4v) is 3.59. The number of carbonyl (C=O) groups excluding carboxylic acids is 2. The van der Waals surface area contributed by atoms with Gasteiger partial charge in [-0.15, -0.1) is 0 Å². The molecule has 0 aliphatic heterocycles. The van der Waals surface area contributed by atoms with Crippen LogP contribution in [0.1, 0.15) is 27.0 Å². The van der Waals surface area contributed by atoms with Crippen LogP contribution in [0.15, 0.2) is 54.6 Å². The lowest BCUT2D eigenvalue weighted by molar-refractivity contribution is -0.110. The molecule has 0 aliphatic carbocycles. The highest BCUT2D eigenvalue weighted by Gasteiger charge is 2.24. The largest absolute Gasteiger partial charge is 0.507 e. The van der Waals surface area contributed by atoms with Gasteiger partial charge in [-0.2, -0.15) is 5.26 Å². The quantitative estimate of drug-likeness (QED) is 0.380. The van der Waals surface area contributed by atoms with Gasteiger partial charge in [0.05, 0.1) is 35.7 Å². The standard InChI is InChI=1S/C26H22N4O6/c1-14-6-4-5-7-16(14)17-11-19(22(31)12-21(17)30(2)26(35)36-3)23(28)24(32)29-20-9-8-15(13-27)10-18(20)25(33)34/h4-12,28,31H,1-3H3,(H,29,32)(H,33,34). The lowest BCUT2D eigenvalue weighted by Crippen LogP contribution is -2.27. The minimum atomic E-state index is -1.37. The van der Waals surface area contributed by atoms with Gasteiger partial charge < -0.3 is 20.3 Å². The van der Waals surface area contributed by atoms with E-state index in [0.29, 0.717) is 11.1 Å². The number of methoxy groups -OCH3 is 1. The summed E-state index contributed by atoms with van der Waals surface area (Å²) in [4.78, 5) is 37.9. The maximum Gasteiger partial charge on any atom is 0.413 e. The lowest BCUT2D eigenvalue weighted by Gasteiger charge is -2.22. The average Bonchev–Trinajstić information content (AvgIpc) is 2.87. The Labute approximate surface area is 206 Å². The SMILES string of the molecule is COC(=O)N(C)c1cc(O)c(C(=N)C(=O)Nc2ccc(C#N)cc2C(=O)O)cc1-c1ccccc1C. The third-order valence-electron chi connectivity index (χ3n) is 5.48. The van der Waals surface area contributed by atoms with Gasteiger partial charge in [0, 0.05) is 24.2 Å². The summed E-state index contributed by atoms with van der Waals surface area (Å²) in [5.74, 6) is -2.80. The molecule has 0 heterocycles. The van der Waals surface area contributed by atoms with Crippen LogP contribution >= 0.6 is 0 Å². The number of nitriles is 1. The summed E-state index contributed by atoms with van der Waals surface area (Å²) < 4.78 is 4.79. The highest BCUT2D eigenvalue weighted by atomic mass is 16.5. The number of anilines is 2. The molecule has 4 N–H and O–H groups in total. The zero-order chi connectivity index (χ0) is 26.6. The summed E-state index contributed by atoms with van der Waals surface area (Å²) in [5, 5.41) is 39.9. The molecule has 0 fully saturated rings. The van der Waals surface area contributed by atoms with Crippen LogP contribution in [0.3, 0.4) is 0 Å². The molecule has 0 bridgehead atoms. The molecular weight excluding hydrogens is 464 g/mol. The summed E-state index contributed by atoms with van der Waals surface area (Å²) in [6.07, 6.45) is -0.688. The summed E-state index contributed by atoms with van der Waals surface area (Å²) in [7, 11) is 2.67. The van der Waals surface area contributed by atoms with E-state index in [-0.39, 0.29) is 28.1 Å². The number of carboxylic acids is 1. The molecule has 3 aromatic rings. The zero-order valence-corrected chi connectivity index (χ0v) is 19.6. The first-order chi connectivity index (χ1) is 17.1. The van der Waals surface area contributed by atoms with Crippen LogP contribution < -0.4 is 10.2 Å². The van der Waals surface area contributed by atoms with Gasteiger partial charge in [-0.1, -0.05) is 24.3 Å². The van der Waals surface area contributed by atoms with Crippen LogP contribution in [-0.4, -0.2) is 48.1 Å². The zero-order valence-electron chi connectivity index (χ0n) is 19.6. The third kappa shape index (κ3) is 5.00. The van der Waals surface area contributed by atoms with Gasteiger partial charge in [-0.05, 0) is 42.3 Å². The normalized spacial score (nSPS) is 10.2. The van der Waals surface area contributed by atoms with E-state index in [1.807, 2.05) is 25.1 Å². The third-order valence-corrected chi connectivity index (χ3v) is 5.48. The minimum Gasteiger partial charge on any atom is -0.507 e. The van der Waals surface area contributed by atoms with Crippen molar-refractivity contribution in [1.29, 1.82) is 10.7 Å². The lowest BCUT2D eigenvalue weighted by atomic mass is 9.94. The van der Waals surface area contributed by atoms with E-state index in [1.165, 1.54) is 43.3 Å². The van der Waals surface area contributed by atoms with Crippen LogP contribution in [0.5, 0.6) is 5.75 Å². The van der Waals surface area contributed by atoms with E-state index in [2.05, 4.69) is 5.32 Å². The predicted molar refractivity (Wildman–Crippen MR) is 133 cm³/mol. The Balaban J connectivity index is 2.08. The molecule has 3 aromatic carbocycles. The topological polar surface area (TPSA) is 164 Å². The smallest absolute Gasteiger partial charge is 0.413 e. The Kier molecular flexibility index (Phi) is 7.35. The fourth-order valence-electron chi connectivity index (χ4n) is 3.59. The van der Waals surface area contributed by atoms with Crippen molar-refractivity contribution in [3.8, 4) is 22.9 Å². The molecule has 10 heteroatoms. The highest BCUT2D eigenvalue weighted by Crippen LogP contribution is 2.38. The number of amides is 2. The fraction of sp³-hybridized carbons (Fsp3) is 0.115. The number of nitrogens with zero attached hydrogens (tertiary/aromatic N) is 2. The monoisotopic (exact) mass is 486 g/mol. The number of rotatable bonds is 6. The van der Waals surface area contributed by atoms with Gasteiger partial charge in [0.1, 0.15) is 11.5 Å². The molecule has 0 aromatic heterocycles. The number of phenolic OH excluding ortho intramolecular Hbond substituents is 1. The molecule has 0 atom stereocenters. The second-order valence-electron chi connectivity index (χ2n) is 7.74. The van der Waals surface area contributed by atoms with E-state index in [1.54, 1.807) is 12.1 Å². The number of hydrogen-bond acceptors (Lipinski definition) is 7. The summed E-state index contributed by atoms with van der Waals surface area (Å²) in [5.41, 5.74) is 1.14. The maximum absolute atomic E-state index is 12.9. The number of aromatic carboxylic acids is 1.